The molecule has 0 saturated carbocycles. The number of carbonyl (C=O) groups is 1. The summed E-state index contributed by atoms with van der Waals surface area (Å²) in [5, 5.41) is 12.5. The first kappa shape index (κ1) is 17.0. The van der Waals surface area contributed by atoms with E-state index in [1.165, 1.54) is 12.1 Å². The van der Waals surface area contributed by atoms with Crippen molar-refractivity contribution in [2.75, 3.05) is 12.3 Å². The average Bonchev–Trinajstić information content (AvgIpc) is 2.42. The highest BCUT2D eigenvalue weighted by Gasteiger charge is 2.34. The second-order valence-corrected chi connectivity index (χ2v) is 5.85. The van der Waals surface area contributed by atoms with Gasteiger partial charge in [0.2, 0.25) is 0 Å². The van der Waals surface area contributed by atoms with Gasteiger partial charge in [0, 0.05) is 4.90 Å². The van der Waals surface area contributed by atoms with E-state index in [2.05, 4.69) is 5.32 Å². The molecule has 0 saturated heterocycles. The maximum Gasteiger partial charge on any atom is 0.323 e. The standard InChI is InChI=1S/C15H22FNO2S/c1-3-15(14(18)19,17-4-2)9-6-10-20-13-8-5-7-12(16)11-13/h5,7-8,11,17H,3-4,6,9-10H2,1-2H3,(H,18,19). The lowest BCUT2D eigenvalue weighted by atomic mass is 9.91. The molecule has 2 N–H and O–H groups in total. The van der Waals surface area contributed by atoms with Crippen LogP contribution in [0.15, 0.2) is 29.2 Å². The van der Waals surface area contributed by atoms with Crippen molar-refractivity contribution in [3.63, 3.8) is 0 Å². The summed E-state index contributed by atoms with van der Waals surface area (Å²) in [5.41, 5.74) is -0.836. The Morgan fingerprint density at radius 2 is 2.20 bits per heavy atom. The molecule has 0 fully saturated rings. The third-order valence-corrected chi connectivity index (χ3v) is 4.42. The molecule has 0 spiro atoms. The summed E-state index contributed by atoms with van der Waals surface area (Å²) in [6, 6.07) is 6.47. The molecule has 0 radical (unpaired) electrons. The first-order valence-electron chi connectivity index (χ1n) is 6.91. The second kappa shape index (κ2) is 8.27. The number of aliphatic carboxylic acids is 1. The van der Waals surface area contributed by atoms with E-state index in [9.17, 15) is 14.3 Å². The molecule has 0 aliphatic rings. The van der Waals surface area contributed by atoms with Gasteiger partial charge in [-0.3, -0.25) is 4.79 Å². The number of likely N-dealkylation sites (N-methyl/N-ethyl adjacent to an activating group) is 1. The summed E-state index contributed by atoms with van der Waals surface area (Å²) < 4.78 is 13.0. The number of hydrogen-bond donors (Lipinski definition) is 2. The molecule has 1 aromatic carbocycles. The lowest BCUT2D eigenvalue weighted by molar-refractivity contribution is -0.145. The highest BCUT2D eigenvalue weighted by atomic mass is 32.2. The molecule has 0 heterocycles. The van der Waals surface area contributed by atoms with E-state index < -0.39 is 11.5 Å². The van der Waals surface area contributed by atoms with Gasteiger partial charge in [0.05, 0.1) is 0 Å². The number of carboxylic acids is 1. The maximum atomic E-state index is 13.0. The second-order valence-electron chi connectivity index (χ2n) is 4.68. The number of nitrogens with one attached hydrogen (secondary N) is 1. The van der Waals surface area contributed by atoms with E-state index in [0.29, 0.717) is 19.4 Å². The van der Waals surface area contributed by atoms with Gasteiger partial charge in [-0.25, -0.2) is 4.39 Å². The predicted molar refractivity (Wildman–Crippen MR) is 80.7 cm³/mol. The largest absolute Gasteiger partial charge is 0.480 e. The Labute approximate surface area is 124 Å². The van der Waals surface area contributed by atoms with E-state index in [1.807, 2.05) is 19.9 Å². The molecule has 0 aromatic heterocycles. The monoisotopic (exact) mass is 299 g/mol. The van der Waals surface area contributed by atoms with Gasteiger partial charge in [-0.15, -0.1) is 11.8 Å². The normalized spacial score (nSPS) is 13.9. The molecule has 112 valence electrons. The van der Waals surface area contributed by atoms with Crippen LogP contribution in [0.25, 0.3) is 0 Å². The highest BCUT2D eigenvalue weighted by molar-refractivity contribution is 7.99. The third-order valence-electron chi connectivity index (χ3n) is 3.34. The van der Waals surface area contributed by atoms with Crippen molar-refractivity contribution in [1.29, 1.82) is 0 Å². The summed E-state index contributed by atoms with van der Waals surface area (Å²) in [6.45, 7) is 4.43. The fourth-order valence-electron chi connectivity index (χ4n) is 2.18. The quantitative estimate of drug-likeness (QED) is 0.541. The molecule has 0 amide bonds. The summed E-state index contributed by atoms with van der Waals surface area (Å²) in [5.74, 6) is -0.252. The van der Waals surface area contributed by atoms with Gasteiger partial charge in [0.15, 0.2) is 0 Å². The van der Waals surface area contributed by atoms with Gasteiger partial charge in [0.25, 0.3) is 0 Å². The van der Waals surface area contributed by atoms with E-state index in [4.69, 9.17) is 0 Å². The Hall–Kier alpha value is -1.07. The zero-order valence-electron chi connectivity index (χ0n) is 12.0. The first-order valence-corrected chi connectivity index (χ1v) is 7.89. The van der Waals surface area contributed by atoms with Gasteiger partial charge in [0.1, 0.15) is 11.4 Å². The van der Waals surface area contributed by atoms with Crippen molar-refractivity contribution in [3.8, 4) is 0 Å². The number of carboxylic acid groups (broad SMARTS) is 1. The zero-order valence-corrected chi connectivity index (χ0v) is 12.8. The van der Waals surface area contributed by atoms with Gasteiger partial charge < -0.3 is 10.4 Å². The minimum Gasteiger partial charge on any atom is -0.480 e. The maximum absolute atomic E-state index is 13.0. The van der Waals surface area contributed by atoms with Crippen LogP contribution in [0.1, 0.15) is 33.1 Å². The number of benzene rings is 1. The van der Waals surface area contributed by atoms with Crippen LogP contribution in [0.3, 0.4) is 0 Å². The van der Waals surface area contributed by atoms with Crippen molar-refractivity contribution < 1.29 is 14.3 Å². The van der Waals surface area contributed by atoms with Gasteiger partial charge in [-0.1, -0.05) is 19.9 Å². The van der Waals surface area contributed by atoms with Crippen LogP contribution in [0.2, 0.25) is 0 Å². The molecule has 1 atom stereocenters. The Morgan fingerprint density at radius 3 is 2.75 bits per heavy atom. The Balaban J connectivity index is 2.47. The molecular formula is C15H22FNO2S. The Kier molecular flexibility index (Phi) is 7.02. The van der Waals surface area contributed by atoms with Crippen LogP contribution >= 0.6 is 11.8 Å². The summed E-state index contributed by atoms with van der Waals surface area (Å²) in [6.07, 6.45) is 1.91. The Morgan fingerprint density at radius 1 is 1.45 bits per heavy atom. The number of rotatable bonds is 9. The van der Waals surface area contributed by atoms with Crippen molar-refractivity contribution in [1.82, 2.24) is 5.32 Å². The average molecular weight is 299 g/mol. The lowest BCUT2D eigenvalue weighted by Crippen LogP contribution is -2.51. The van der Waals surface area contributed by atoms with Gasteiger partial charge >= 0.3 is 5.97 Å². The van der Waals surface area contributed by atoms with Crippen LogP contribution in [-0.2, 0) is 4.79 Å². The molecular weight excluding hydrogens is 277 g/mol. The molecule has 20 heavy (non-hydrogen) atoms. The minimum absolute atomic E-state index is 0.240. The fraction of sp³-hybridized carbons (Fsp3) is 0.533. The number of thioether (sulfide) groups is 1. The SMILES string of the molecule is CCNC(CC)(CCCSc1cccc(F)c1)C(=O)O. The molecule has 1 aromatic rings. The molecule has 0 bridgehead atoms. The smallest absolute Gasteiger partial charge is 0.323 e. The van der Waals surface area contributed by atoms with Crippen LogP contribution < -0.4 is 5.32 Å². The molecule has 1 unspecified atom stereocenters. The van der Waals surface area contributed by atoms with Gasteiger partial charge in [-0.05, 0) is 49.8 Å². The van der Waals surface area contributed by atoms with Crippen molar-refractivity contribution in [3.05, 3.63) is 30.1 Å². The third kappa shape index (κ3) is 4.80. The van der Waals surface area contributed by atoms with E-state index in [-0.39, 0.29) is 5.82 Å². The predicted octanol–water partition coefficient (Wildman–Crippen LogP) is 3.54. The molecule has 0 aliphatic heterocycles. The minimum atomic E-state index is -0.836. The molecule has 0 aliphatic carbocycles. The van der Waals surface area contributed by atoms with Crippen LogP contribution in [0, 0.1) is 5.82 Å². The van der Waals surface area contributed by atoms with Crippen LogP contribution in [0.5, 0.6) is 0 Å². The number of hydrogen-bond acceptors (Lipinski definition) is 3. The van der Waals surface area contributed by atoms with E-state index in [1.54, 1.807) is 17.8 Å². The summed E-state index contributed by atoms with van der Waals surface area (Å²) in [7, 11) is 0. The molecule has 1 rings (SSSR count). The fourth-order valence-corrected chi connectivity index (χ4v) is 3.08. The van der Waals surface area contributed by atoms with E-state index in [0.717, 1.165) is 17.1 Å². The summed E-state index contributed by atoms with van der Waals surface area (Å²) in [4.78, 5) is 12.3. The zero-order chi connectivity index (χ0) is 15.0. The van der Waals surface area contributed by atoms with Gasteiger partial charge in [-0.2, -0.15) is 0 Å². The first-order chi connectivity index (χ1) is 9.54. The van der Waals surface area contributed by atoms with Crippen molar-refractivity contribution in [2.45, 2.75) is 43.5 Å². The Bertz CT molecular complexity index is 442. The molecule has 5 heteroatoms. The lowest BCUT2D eigenvalue weighted by Gasteiger charge is -2.29. The topological polar surface area (TPSA) is 49.3 Å². The van der Waals surface area contributed by atoms with Crippen molar-refractivity contribution >= 4 is 17.7 Å². The van der Waals surface area contributed by atoms with Crippen LogP contribution in [0.4, 0.5) is 4.39 Å². The van der Waals surface area contributed by atoms with E-state index >= 15 is 0 Å². The summed E-state index contributed by atoms with van der Waals surface area (Å²) >= 11 is 1.55. The highest BCUT2D eigenvalue weighted by Crippen LogP contribution is 2.24. The molecule has 3 nitrogen and oxygen atoms in total. The van der Waals surface area contributed by atoms with Crippen molar-refractivity contribution in [2.24, 2.45) is 0 Å². The van der Waals surface area contributed by atoms with Crippen LogP contribution in [-0.4, -0.2) is 28.9 Å². The number of halogens is 1.